The van der Waals surface area contributed by atoms with Gasteiger partial charge in [0.25, 0.3) is 6.47 Å². The molecule has 2 aromatic carbocycles. The number of alkyl halides is 1. The Morgan fingerprint density at radius 3 is 2.49 bits per heavy atom. The van der Waals surface area contributed by atoms with Crippen molar-refractivity contribution in [3.63, 3.8) is 0 Å². The second kappa shape index (κ2) is 14.6. The Hall–Kier alpha value is -3.59. The van der Waals surface area contributed by atoms with Gasteiger partial charge in [-0.2, -0.15) is 0 Å². The number of ether oxygens (including phenoxy) is 1. The number of likely N-dealkylation sites (tertiary alicyclic amines) is 1. The van der Waals surface area contributed by atoms with Gasteiger partial charge in [0.15, 0.2) is 5.78 Å². The van der Waals surface area contributed by atoms with Crippen LogP contribution in [0.15, 0.2) is 54.6 Å². The van der Waals surface area contributed by atoms with E-state index < -0.39 is 36.8 Å². The van der Waals surface area contributed by atoms with Crippen LogP contribution in [0, 0.1) is 0 Å². The van der Waals surface area contributed by atoms with E-state index in [1.807, 2.05) is 47.4 Å². The molecule has 1 fully saturated rings. The highest BCUT2D eigenvalue weighted by Gasteiger charge is 2.30. The first kappa shape index (κ1) is 27.7. The number of carboxylic acid groups (broad SMARTS) is 1. The molecule has 1 aliphatic rings. The van der Waals surface area contributed by atoms with Crippen molar-refractivity contribution in [1.82, 2.24) is 10.2 Å². The van der Waals surface area contributed by atoms with Gasteiger partial charge >= 0.3 is 5.97 Å². The number of hydrogen-bond donors (Lipinski definition) is 2. The van der Waals surface area contributed by atoms with Crippen LogP contribution in [-0.4, -0.2) is 66.5 Å². The van der Waals surface area contributed by atoms with E-state index >= 15 is 0 Å². The molecule has 2 aromatic rings. The summed E-state index contributed by atoms with van der Waals surface area (Å²) in [6, 6.07) is 16.4. The Morgan fingerprint density at radius 1 is 1.14 bits per heavy atom. The van der Waals surface area contributed by atoms with Crippen molar-refractivity contribution in [2.24, 2.45) is 0 Å². The van der Waals surface area contributed by atoms with E-state index in [0.29, 0.717) is 19.5 Å². The third kappa shape index (κ3) is 9.29. The molecule has 3 rings (SSSR count). The molecule has 1 heterocycles. The Kier molecular flexibility index (Phi) is 11.6. The average molecular weight is 487 g/mol. The molecule has 1 saturated heterocycles. The molecule has 0 aliphatic carbocycles. The van der Waals surface area contributed by atoms with Gasteiger partial charge in [-0.1, -0.05) is 55.0 Å². The molecule has 9 heteroatoms. The number of piperidine rings is 1. The minimum absolute atomic E-state index is 0.324. The van der Waals surface area contributed by atoms with Gasteiger partial charge in [0.05, 0.1) is 12.5 Å². The summed E-state index contributed by atoms with van der Waals surface area (Å²) in [5, 5.41) is 11.0. The molecule has 0 spiro atoms. The largest absolute Gasteiger partial charge is 0.481 e. The molecule has 188 valence electrons. The molecular formula is C26H31FN2O6. The quantitative estimate of drug-likeness (QED) is 0.497. The predicted octanol–water partition coefficient (Wildman–Crippen LogP) is 3.00. The van der Waals surface area contributed by atoms with Gasteiger partial charge in [0.1, 0.15) is 19.3 Å². The van der Waals surface area contributed by atoms with Crippen LogP contribution in [0.3, 0.4) is 0 Å². The topological polar surface area (TPSA) is 113 Å². The zero-order valence-corrected chi connectivity index (χ0v) is 19.7. The highest BCUT2D eigenvalue weighted by Crippen LogP contribution is 2.20. The van der Waals surface area contributed by atoms with Crippen LogP contribution in [0.5, 0.6) is 0 Å². The first-order valence-corrected chi connectivity index (χ1v) is 11.4. The van der Waals surface area contributed by atoms with Crippen molar-refractivity contribution in [2.75, 3.05) is 20.3 Å². The fraction of sp³-hybridized carbons (Fsp3) is 0.385. The maximum absolute atomic E-state index is 12.4. The van der Waals surface area contributed by atoms with Crippen molar-refractivity contribution >= 4 is 24.1 Å². The van der Waals surface area contributed by atoms with Gasteiger partial charge in [-0.05, 0) is 49.2 Å². The smallest absolute Gasteiger partial charge is 0.305 e. The number of carbonyl (C=O) groups is 4. The van der Waals surface area contributed by atoms with E-state index in [0.717, 1.165) is 36.1 Å². The number of aliphatic carboxylic acids is 1. The number of amides is 1. The normalized spacial score (nSPS) is 16.2. The summed E-state index contributed by atoms with van der Waals surface area (Å²) in [6.45, 7) is 0.289. The van der Waals surface area contributed by atoms with Crippen LogP contribution < -0.4 is 5.32 Å². The van der Waals surface area contributed by atoms with Crippen LogP contribution in [-0.2, 0) is 30.5 Å². The molecule has 0 saturated carbocycles. The molecule has 0 aromatic heterocycles. The number of benzene rings is 2. The van der Waals surface area contributed by atoms with Crippen LogP contribution in [0.1, 0.15) is 31.2 Å². The van der Waals surface area contributed by atoms with Gasteiger partial charge < -0.3 is 15.2 Å². The maximum Gasteiger partial charge on any atom is 0.305 e. The summed E-state index contributed by atoms with van der Waals surface area (Å²) in [7, 11) is 1.80. The third-order valence-corrected chi connectivity index (χ3v) is 5.64. The van der Waals surface area contributed by atoms with Gasteiger partial charge in [0, 0.05) is 0 Å². The summed E-state index contributed by atoms with van der Waals surface area (Å²) in [4.78, 5) is 45.9. The van der Waals surface area contributed by atoms with Crippen LogP contribution in [0.4, 0.5) is 4.39 Å². The first-order valence-electron chi connectivity index (χ1n) is 11.4. The van der Waals surface area contributed by atoms with E-state index in [2.05, 4.69) is 17.4 Å². The number of carbonyl (C=O) groups excluding carboxylic acids is 3. The minimum atomic E-state index is -1.29. The molecule has 1 aliphatic heterocycles. The second-order valence-corrected chi connectivity index (χ2v) is 8.22. The number of likely N-dealkylation sites (N-methyl/N-ethyl adjacent to an activating group) is 1. The van der Waals surface area contributed by atoms with Crippen molar-refractivity contribution in [3.05, 3.63) is 60.2 Å². The fourth-order valence-corrected chi connectivity index (χ4v) is 3.79. The number of ketones is 1. The van der Waals surface area contributed by atoms with Crippen molar-refractivity contribution in [2.45, 2.75) is 44.4 Å². The predicted molar refractivity (Wildman–Crippen MR) is 128 cm³/mol. The standard InChI is InChI=1S/C14H12O2.C12H19FN2O4/c15-11-16-10-12-5-4-8-14(9-12)13-6-2-1-3-7-13;1-15-5-3-2-4-9(15)12(19)14-8(6-11(17)18)10(16)7-13/h1-9,11H,10H2;8-9H,2-7H2,1H3,(H,14,19)(H,17,18)/t;8?,9-/m.0/s1. The number of nitrogens with one attached hydrogen (secondary N) is 1. The number of nitrogens with zero attached hydrogens (tertiary/aromatic N) is 1. The Morgan fingerprint density at radius 2 is 1.86 bits per heavy atom. The highest BCUT2D eigenvalue weighted by atomic mass is 19.1. The van der Waals surface area contributed by atoms with E-state index in [1.54, 1.807) is 7.05 Å². The van der Waals surface area contributed by atoms with E-state index in [4.69, 9.17) is 9.84 Å². The Labute approximate surface area is 204 Å². The molecule has 35 heavy (non-hydrogen) atoms. The Bertz CT molecular complexity index is 985. The van der Waals surface area contributed by atoms with Gasteiger partial charge in [-0.15, -0.1) is 0 Å². The number of halogens is 1. The molecule has 2 atom stereocenters. The average Bonchev–Trinajstić information content (AvgIpc) is 2.87. The second-order valence-electron chi connectivity index (χ2n) is 8.22. The fourth-order valence-electron chi connectivity index (χ4n) is 3.79. The Balaban J connectivity index is 0.000000250. The van der Waals surface area contributed by atoms with Gasteiger partial charge in [0.2, 0.25) is 5.91 Å². The summed E-state index contributed by atoms with van der Waals surface area (Å²) < 4.78 is 17.1. The lowest BCUT2D eigenvalue weighted by Gasteiger charge is -2.32. The monoisotopic (exact) mass is 486 g/mol. The zero-order chi connectivity index (χ0) is 25.6. The molecule has 0 radical (unpaired) electrons. The van der Waals surface area contributed by atoms with Gasteiger partial charge in [-0.25, -0.2) is 4.39 Å². The zero-order valence-electron chi connectivity index (χ0n) is 19.7. The summed E-state index contributed by atoms with van der Waals surface area (Å²) >= 11 is 0. The van der Waals surface area contributed by atoms with Crippen LogP contribution in [0.2, 0.25) is 0 Å². The van der Waals surface area contributed by atoms with Crippen molar-refractivity contribution in [3.8, 4) is 11.1 Å². The lowest BCUT2D eigenvalue weighted by atomic mass is 10.0. The number of carboxylic acids is 1. The molecular weight excluding hydrogens is 455 g/mol. The van der Waals surface area contributed by atoms with Crippen LogP contribution >= 0.6 is 0 Å². The van der Waals surface area contributed by atoms with Crippen LogP contribution in [0.25, 0.3) is 11.1 Å². The molecule has 0 bridgehead atoms. The van der Waals surface area contributed by atoms with E-state index in [-0.39, 0.29) is 6.04 Å². The van der Waals surface area contributed by atoms with Crippen molar-refractivity contribution in [1.29, 1.82) is 0 Å². The highest BCUT2D eigenvalue weighted by molar-refractivity contribution is 5.93. The lowest BCUT2D eigenvalue weighted by molar-refractivity contribution is -0.140. The SMILES string of the molecule is CN1CCCC[C@H]1C(=O)NC(CC(=O)O)C(=O)CF.O=COCc1cccc(-c2ccccc2)c1. The van der Waals surface area contributed by atoms with E-state index in [1.165, 1.54) is 0 Å². The van der Waals surface area contributed by atoms with Gasteiger partial charge in [-0.3, -0.25) is 24.1 Å². The summed E-state index contributed by atoms with van der Waals surface area (Å²) in [5.74, 6) is -2.56. The molecule has 1 amide bonds. The molecule has 2 N–H and O–H groups in total. The third-order valence-electron chi connectivity index (χ3n) is 5.64. The first-order chi connectivity index (χ1) is 16.8. The molecule has 8 nitrogen and oxygen atoms in total. The minimum Gasteiger partial charge on any atom is -0.481 e. The summed E-state index contributed by atoms with van der Waals surface area (Å²) in [5.41, 5.74) is 3.29. The van der Waals surface area contributed by atoms with Crippen molar-refractivity contribution < 1.29 is 33.4 Å². The summed E-state index contributed by atoms with van der Waals surface area (Å²) in [6.07, 6.45) is 1.97. The number of rotatable bonds is 10. The van der Waals surface area contributed by atoms with E-state index in [9.17, 15) is 23.6 Å². The molecule has 1 unspecified atom stereocenters. The number of Topliss-reactive ketones (excluding diaryl/α,β-unsaturated/α-hetero) is 1. The maximum atomic E-state index is 12.4. The number of hydrogen-bond acceptors (Lipinski definition) is 6. The lowest BCUT2D eigenvalue weighted by Crippen LogP contribution is -2.52.